The minimum absolute atomic E-state index is 0.455. The molecule has 2 heterocycles. The summed E-state index contributed by atoms with van der Waals surface area (Å²) in [5, 5.41) is 3.24. The van der Waals surface area contributed by atoms with Crippen molar-refractivity contribution in [2.24, 2.45) is 10.7 Å². The quantitative estimate of drug-likeness (QED) is 0.656. The number of rotatable bonds is 4. The van der Waals surface area contributed by atoms with E-state index in [2.05, 4.69) is 45.5 Å². The van der Waals surface area contributed by atoms with Crippen LogP contribution in [0.25, 0.3) is 0 Å². The molecule has 136 valence electrons. The lowest BCUT2D eigenvalue weighted by molar-refractivity contribution is 0.898. The number of nitrogens with two attached hydrogens (primary N) is 1. The van der Waals surface area contributed by atoms with Crippen LogP contribution in [0.15, 0.2) is 35.3 Å². The zero-order valence-corrected chi connectivity index (χ0v) is 15.5. The standard InChI is InChI=1S/C21H27N5/c1-15-7-8-18(20(24-15)26-11-2-3-12-26)14-23-21(22)25-19-10-9-16-5-4-6-17(16)13-19/h7-10,13H,2-6,11-12,14H2,1H3,(H3,22,23,25). The van der Waals surface area contributed by atoms with Crippen LogP contribution in [0, 0.1) is 6.92 Å². The van der Waals surface area contributed by atoms with E-state index in [9.17, 15) is 0 Å². The molecule has 0 amide bonds. The zero-order chi connectivity index (χ0) is 17.9. The lowest BCUT2D eigenvalue weighted by Gasteiger charge is -2.20. The highest BCUT2D eigenvalue weighted by Gasteiger charge is 2.17. The van der Waals surface area contributed by atoms with Gasteiger partial charge in [0, 0.05) is 30.0 Å². The molecule has 1 aliphatic heterocycles. The highest BCUT2D eigenvalue weighted by molar-refractivity contribution is 5.92. The van der Waals surface area contributed by atoms with Gasteiger partial charge < -0.3 is 16.0 Å². The molecule has 5 heteroatoms. The van der Waals surface area contributed by atoms with Gasteiger partial charge in [0.05, 0.1) is 6.54 Å². The molecule has 3 N–H and O–H groups in total. The van der Waals surface area contributed by atoms with Gasteiger partial charge in [0.2, 0.25) is 0 Å². The largest absolute Gasteiger partial charge is 0.370 e. The van der Waals surface area contributed by atoms with Crippen LogP contribution < -0.4 is 16.0 Å². The molecule has 0 unspecified atom stereocenters. The molecule has 0 radical (unpaired) electrons. The summed E-state index contributed by atoms with van der Waals surface area (Å²) in [5.74, 6) is 1.52. The van der Waals surface area contributed by atoms with E-state index in [4.69, 9.17) is 10.7 Å². The van der Waals surface area contributed by atoms with Crippen LogP contribution in [0.2, 0.25) is 0 Å². The normalized spacial score (nSPS) is 16.8. The molecule has 0 saturated carbocycles. The third kappa shape index (κ3) is 3.66. The maximum atomic E-state index is 6.14. The second kappa shape index (κ2) is 7.36. The first-order valence-electron chi connectivity index (χ1n) is 9.59. The molecule has 0 atom stereocenters. The average molecular weight is 349 g/mol. The fourth-order valence-corrected chi connectivity index (χ4v) is 3.91. The smallest absolute Gasteiger partial charge is 0.193 e. The van der Waals surface area contributed by atoms with Gasteiger partial charge in [0.1, 0.15) is 5.82 Å². The molecule has 4 rings (SSSR count). The second-order valence-corrected chi connectivity index (χ2v) is 7.29. The number of pyridine rings is 1. The Morgan fingerprint density at radius 1 is 1.12 bits per heavy atom. The third-order valence-corrected chi connectivity index (χ3v) is 5.29. The summed E-state index contributed by atoms with van der Waals surface area (Å²) < 4.78 is 0. The van der Waals surface area contributed by atoms with Crippen LogP contribution in [0.5, 0.6) is 0 Å². The summed E-state index contributed by atoms with van der Waals surface area (Å²) in [7, 11) is 0. The van der Waals surface area contributed by atoms with E-state index >= 15 is 0 Å². The van der Waals surface area contributed by atoms with Crippen molar-refractivity contribution in [1.29, 1.82) is 0 Å². The molecule has 0 bridgehead atoms. The molecular weight excluding hydrogens is 322 g/mol. The van der Waals surface area contributed by atoms with Gasteiger partial charge in [-0.15, -0.1) is 0 Å². The Bertz CT molecular complexity index is 821. The fourth-order valence-electron chi connectivity index (χ4n) is 3.91. The molecule has 2 aromatic rings. The Labute approximate surface area is 155 Å². The Hall–Kier alpha value is -2.56. The number of aromatic nitrogens is 1. The Kier molecular flexibility index (Phi) is 4.78. The Balaban J connectivity index is 1.47. The molecule has 0 spiro atoms. The number of guanidine groups is 1. The maximum absolute atomic E-state index is 6.14. The van der Waals surface area contributed by atoms with Crippen molar-refractivity contribution in [3.63, 3.8) is 0 Å². The first-order valence-corrected chi connectivity index (χ1v) is 9.59. The number of anilines is 2. The van der Waals surface area contributed by atoms with E-state index in [-0.39, 0.29) is 0 Å². The summed E-state index contributed by atoms with van der Waals surface area (Å²) in [6.45, 7) is 4.74. The van der Waals surface area contributed by atoms with Crippen LogP contribution in [0.3, 0.4) is 0 Å². The minimum Gasteiger partial charge on any atom is -0.370 e. The van der Waals surface area contributed by atoms with Gasteiger partial charge in [0.15, 0.2) is 5.96 Å². The molecule has 1 aromatic heterocycles. The van der Waals surface area contributed by atoms with Crippen LogP contribution in [0.4, 0.5) is 11.5 Å². The monoisotopic (exact) mass is 349 g/mol. The molecule has 5 nitrogen and oxygen atoms in total. The fraction of sp³-hybridized carbons (Fsp3) is 0.429. The van der Waals surface area contributed by atoms with Crippen LogP contribution in [0.1, 0.15) is 41.6 Å². The number of aliphatic imine (C=N–C) groups is 1. The Morgan fingerprint density at radius 3 is 2.77 bits per heavy atom. The predicted molar refractivity (Wildman–Crippen MR) is 108 cm³/mol. The molecule has 1 saturated heterocycles. The molecule has 1 aromatic carbocycles. The molecular formula is C21H27N5. The minimum atomic E-state index is 0.455. The van der Waals surface area contributed by atoms with Crippen LogP contribution >= 0.6 is 0 Å². The second-order valence-electron chi connectivity index (χ2n) is 7.29. The van der Waals surface area contributed by atoms with Crippen molar-refractivity contribution in [3.05, 3.63) is 52.7 Å². The number of benzene rings is 1. The van der Waals surface area contributed by atoms with E-state index in [0.29, 0.717) is 12.5 Å². The van der Waals surface area contributed by atoms with Gasteiger partial charge in [0.25, 0.3) is 0 Å². The van der Waals surface area contributed by atoms with Crippen molar-refractivity contribution in [1.82, 2.24) is 4.98 Å². The van der Waals surface area contributed by atoms with Crippen molar-refractivity contribution in [3.8, 4) is 0 Å². The van der Waals surface area contributed by atoms with E-state index < -0.39 is 0 Å². The van der Waals surface area contributed by atoms with Gasteiger partial charge in [-0.05, 0) is 68.4 Å². The van der Waals surface area contributed by atoms with Crippen LogP contribution in [-0.2, 0) is 19.4 Å². The number of nitrogens with one attached hydrogen (secondary N) is 1. The van der Waals surface area contributed by atoms with Gasteiger partial charge in [-0.2, -0.15) is 0 Å². The zero-order valence-electron chi connectivity index (χ0n) is 15.5. The van der Waals surface area contributed by atoms with Crippen LogP contribution in [-0.4, -0.2) is 24.0 Å². The first kappa shape index (κ1) is 16.9. The first-order chi connectivity index (χ1) is 12.7. The Morgan fingerprint density at radius 2 is 1.92 bits per heavy atom. The van der Waals surface area contributed by atoms with Crippen molar-refractivity contribution in [2.45, 2.75) is 45.6 Å². The van der Waals surface area contributed by atoms with Gasteiger partial charge in [-0.25, -0.2) is 9.98 Å². The average Bonchev–Trinajstić information content (AvgIpc) is 3.32. The van der Waals surface area contributed by atoms with Gasteiger partial charge >= 0.3 is 0 Å². The van der Waals surface area contributed by atoms with Crippen molar-refractivity contribution < 1.29 is 0 Å². The van der Waals surface area contributed by atoms with E-state index in [1.54, 1.807) is 0 Å². The summed E-state index contributed by atoms with van der Waals surface area (Å²) in [4.78, 5) is 11.7. The predicted octanol–water partition coefficient (Wildman–Crippen LogP) is 3.41. The summed E-state index contributed by atoms with van der Waals surface area (Å²) in [5.41, 5.74) is 12.2. The third-order valence-electron chi connectivity index (χ3n) is 5.29. The lowest BCUT2D eigenvalue weighted by atomic mass is 10.1. The highest BCUT2D eigenvalue weighted by atomic mass is 15.2. The summed E-state index contributed by atoms with van der Waals surface area (Å²) in [6.07, 6.45) is 6.08. The van der Waals surface area contributed by atoms with E-state index in [1.165, 1.54) is 36.8 Å². The molecule has 2 aliphatic rings. The summed E-state index contributed by atoms with van der Waals surface area (Å²) in [6, 6.07) is 10.7. The molecule has 1 aliphatic carbocycles. The number of hydrogen-bond donors (Lipinski definition) is 2. The number of nitrogens with zero attached hydrogens (tertiary/aromatic N) is 3. The molecule has 1 fully saturated rings. The topological polar surface area (TPSA) is 66.5 Å². The SMILES string of the molecule is Cc1ccc(CN=C(N)Nc2ccc3c(c2)CCC3)c(N2CCCC2)n1. The number of fused-ring (bicyclic) bond motifs is 1. The maximum Gasteiger partial charge on any atom is 0.193 e. The van der Waals surface area contributed by atoms with E-state index in [1.807, 2.05) is 6.92 Å². The van der Waals surface area contributed by atoms with Crippen molar-refractivity contribution in [2.75, 3.05) is 23.3 Å². The lowest BCUT2D eigenvalue weighted by Crippen LogP contribution is -2.24. The molecule has 26 heavy (non-hydrogen) atoms. The van der Waals surface area contributed by atoms with Crippen molar-refractivity contribution >= 4 is 17.5 Å². The number of aryl methyl sites for hydroxylation is 3. The highest BCUT2D eigenvalue weighted by Crippen LogP contribution is 2.25. The number of hydrogen-bond acceptors (Lipinski definition) is 3. The van der Waals surface area contributed by atoms with Gasteiger partial charge in [-0.1, -0.05) is 12.1 Å². The van der Waals surface area contributed by atoms with Gasteiger partial charge in [-0.3, -0.25) is 0 Å². The summed E-state index contributed by atoms with van der Waals surface area (Å²) >= 11 is 0. The van der Waals surface area contributed by atoms with E-state index in [0.717, 1.165) is 42.3 Å².